The number of halogens is 1. The van der Waals surface area contributed by atoms with Crippen molar-refractivity contribution in [2.45, 2.75) is 6.92 Å². The molecule has 0 aliphatic rings. The van der Waals surface area contributed by atoms with Crippen LogP contribution in [-0.4, -0.2) is 16.6 Å². The fourth-order valence-electron chi connectivity index (χ4n) is 1.57. The highest BCUT2D eigenvalue weighted by Crippen LogP contribution is 2.28. The second-order valence-corrected chi connectivity index (χ2v) is 3.99. The van der Waals surface area contributed by atoms with Crippen LogP contribution in [0.2, 0.25) is 5.02 Å². The van der Waals surface area contributed by atoms with Crippen LogP contribution in [0.1, 0.15) is 6.92 Å². The fraction of sp³-hybridized carbons (Fsp3) is 0.167. The Balaban J connectivity index is 2.48. The van der Waals surface area contributed by atoms with Gasteiger partial charge >= 0.3 is 5.69 Å². The Bertz CT molecular complexity index is 647. The molecule has 2 aromatic rings. The molecule has 0 aliphatic carbocycles. The van der Waals surface area contributed by atoms with Gasteiger partial charge in [-0.2, -0.15) is 0 Å². The average Bonchev–Trinajstić information content (AvgIpc) is 2.30. The highest BCUT2D eigenvalue weighted by Gasteiger charge is 2.05. The average molecular weight is 267 g/mol. The van der Waals surface area contributed by atoms with Crippen molar-refractivity contribution in [2.24, 2.45) is 0 Å². The molecule has 6 heteroatoms. The van der Waals surface area contributed by atoms with Crippen molar-refractivity contribution in [1.29, 1.82) is 0 Å². The van der Waals surface area contributed by atoms with Gasteiger partial charge in [-0.25, -0.2) is 4.79 Å². The number of ether oxygens (including phenoxy) is 1. The molecule has 0 fully saturated rings. The number of aromatic amines is 2. The van der Waals surface area contributed by atoms with E-state index in [0.717, 1.165) is 0 Å². The van der Waals surface area contributed by atoms with E-state index < -0.39 is 11.2 Å². The summed E-state index contributed by atoms with van der Waals surface area (Å²) in [7, 11) is 0. The summed E-state index contributed by atoms with van der Waals surface area (Å²) in [6, 6.07) is 6.35. The topological polar surface area (TPSA) is 75.0 Å². The van der Waals surface area contributed by atoms with Crippen LogP contribution in [0, 0.1) is 0 Å². The van der Waals surface area contributed by atoms with Gasteiger partial charge in [0.1, 0.15) is 5.75 Å². The SMILES string of the molecule is CCOc1ccc(-c2cc(=O)[nH]c(=O)[nH]2)cc1Cl. The Morgan fingerprint density at radius 1 is 1.22 bits per heavy atom. The molecule has 1 aromatic carbocycles. The maximum Gasteiger partial charge on any atom is 0.326 e. The minimum atomic E-state index is -0.553. The minimum absolute atomic E-state index is 0.411. The molecule has 94 valence electrons. The number of rotatable bonds is 3. The van der Waals surface area contributed by atoms with Crippen LogP contribution in [0.15, 0.2) is 33.9 Å². The molecule has 0 saturated heterocycles. The van der Waals surface area contributed by atoms with Gasteiger partial charge < -0.3 is 9.72 Å². The quantitative estimate of drug-likeness (QED) is 0.889. The van der Waals surface area contributed by atoms with Crippen LogP contribution in [0.5, 0.6) is 5.75 Å². The van der Waals surface area contributed by atoms with Gasteiger partial charge in [0.05, 0.1) is 17.3 Å². The maximum atomic E-state index is 11.2. The van der Waals surface area contributed by atoms with Crippen molar-refractivity contribution in [3.05, 3.63) is 50.1 Å². The van der Waals surface area contributed by atoms with Crippen LogP contribution in [0.3, 0.4) is 0 Å². The second-order valence-electron chi connectivity index (χ2n) is 3.58. The van der Waals surface area contributed by atoms with Crippen LogP contribution in [0.4, 0.5) is 0 Å². The zero-order chi connectivity index (χ0) is 13.1. The third-order valence-electron chi connectivity index (χ3n) is 2.30. The molecular formula is C12H11ClN2O3. The van der Waals surface area contributed by atoms with Crippen LogP contribution in [0.25, 0.3) is 11.3 Å². The van der Waals surface area contributed by atoms with Crippen LogP contribution in [-0.2, 0) is 0 Å². The summed E-state index contributed by atoms with van der Waals surface area (Å²) in [5.74, 6) is 0.565. The molecule has 0 amide bonds. The van der Waals surface area contributed by atoms with Gasteiger partial charge in [0, 0.05) is 11.6 Å². The number of hydrogen-bond donors (Lipinski definition) is 2. The van der Waals surface area contributed by atoms with E-state index in [9.17, 15) is 9.59 Å². The van der Waals surface area contributed by atoms with Gasteiger partial charge in [0.15, 0.2) is 0 Å². The van der Waals surface area contributed by atoms with Crippen molar-refractivity contribution in [2.75, 3.05) is 6.61 Å². The second kappa shape index (κ2) is 5.10. The molecular weight excluding hydrogens is 256 g/mol. The summed E-state index contributed by atoms with van der Waals surface area (Å²) >= 11 is 6.03. The van der Waals surface area contributed by atoms with Crippen molar-refractivity contribution < 1.29 is 4.74 Å². The van der Waals surface area contributed by atoms with Gasteiger partial charge in [-0.15, -0.1) is 0 Å². The van der Waals surface area contributed by atoms with E-state index in [1.165, 1.54) is 6.07 Å². The summed E-state index contributed by atoms with van der Waals surface area (Å²) in [5, 5.41) is 0.426. The highest BCUT2D eigenvalue weighted by atomic mass is 35.5. The lowest BCUT2D eigenvalue weighted by Gasteiger charge is -2.07. The van der Waals surface area contributed by atoms with E-state index in [0.29, 0.717) is 28.6 Å². The van der Waals surface area contributed by atoms with Gasteiger partial charge in [0.2, 0.25) is 0 Å². The molecule has 0 aliphatic heterocycles. The van der Waals surface area contributed by atoms with Crippen LogP contribution < -0.4 is 16.0 Å². The van der Waals surface area contributed by atoms with Crippen molar-refractivity contribution >= 4 is 11.6 Å². The summed E-state index contributed by atoms with van der Waals surface area (Å²) in [5.41, 5.74) is 0.0432. The molecule has 1 heterocycles. The molecule has 0 unspecified atom stereocenters. The molecule has 0 bridgehead atoms. The van der Waals surface area contributed by atoms with E-state index in [1.54, 1.807) is 18.2 Å². The minimum Gasteiger partial charge on any atom is -0.492 e. The highest BCUT2D eigenvalue weighted by molar-refractivity contribution is 6.32. The van der Waals surface area contributed by atoms with Gasteiger partial charge in [-0.3, -0.25) is 9.78 Å². The Morgan fingerprint density at radius 3 is 2.61 bits per heavy atom. The summed E-state index contributed by atoms with van der Waals surface area (Å²) in [4.78, 5) is 27.0. The predicted molar refractivity (Wildman–Crippen MR) is 69.3 cm³/mol. The fourth-order valence-corrected chi connectivity index (χ4v) is 1.80. The molecule has 0 saturated carbocycles. The molecule has 5 nitrogen and oxygen atoms in total. The summed E-state index contributed by atoms with van der Waals surface area (Å²) in [6.45, 7) is 2.37. The first-order valence-electron chi connectivity index (χ1n) is 5.36. The standard InChI is InChI=1S/C12H11ClN2O3/c1-2-18-10-4-3-7(5-8(10)13)9-6-11(16)15-12(17)14-9/h3-6H,2H2,1H3,(H2,14,15,16,17). The van der Waals surface area contributed by atoms with E-state index in [2.05, 4.69) is 9.97 Å². The molecule has 2 N–H and O–H groups in total. The maximum absolute atomic E-state index is 11.2. The molecule has 2 rings (SSSR count). The smallest absolute Gasteiger partial charge is 0.326 e. The number of aromatic nitrogens is 2. The molecule has 1 aromatic heterocycles. The van der Waals surface area contributed by atoms with Crippen molar-refractivity contribution in [3.63, 3.8) is 0 Å². The zero-order valence-electron chi connectivity index (χ0n) is 9.62. The first-order chi connectivity index (χ1) is 8.60. The summed E-state index contributed by atoms with van der Waals surface area (Å²) in [6.07, 6.45) is 0. The first-order valence-corrected chi connectivity index (χ1v) is 5.74. The van der Waals surface area contributed by atoms with E-state index in [4.69, 9.17) is 16.3 Å². The number of hydrogen-bond acceptors (Lipinski definition) is 3. The normalized spacial score (nSPS) is 10.3. The summed E-state index contributed by atoms with van der Waals surface area (Å²) < 4.78 is 5.30. The third-order valence-corrected chi connectivity index (χ3v) is 2.60. The number of benzene rings is 1. The number of nitrogens with one attached hydrogen (secondary N) is 2. The molecule has 0 atom stereocenters. The number of H-pyrrole nitrogens is 2. The van der Waals surface area contributed by atoms with Crippen molar-refractivity contribution in [3.8, 4) is 17.0 Å². The Labute approximate surface area is 107 Å². The van der Waals surface area contributed by atoms with Gasteiger partial charge in [-0.05, 0) is 25.1 Å². The van der Waals surface area contributed by atoms with Gasteiger partial charge in [0.25, 0.3) is 5.56 Å². The lowest BCUT2D eigenvalue weighted by atomic mass is 10.1. The predicted octanol–water partition coefficient (Wildman–Crippen LogP) is 1.78. The Kier molecular flexibility index (Phi) is 3.53. The van der Waals surface area contributed by atoms with Gasteiger partial charge in [-0.1, -0.05) is 11.6 Å². The monoisotopic (exact) mass is 266 g/mol. The van der Waals surface area contributed by atoms with Crippen LogP contribution >= 0.6 is 11.6 Å². The van der Waals surface area contributed by atoms with E-state index in [1.807, 2.05) is 6.92 Å². The van der Waals surface area contributed by atoms with Crippen molar-refractivity contribution in [1.82, 2.24) is 9.97 Å². The third kappa shape index (κ3) is 2.62. The lowest BCUT2D eigenvalue weighted by molar-refractivity contribution is 0.340. The molecule has 0 radical (unpaired) electrons. The first kappa shape index (κ1) is 12.4. The largest absolute Gasteiger partial charge is 0.492 e. The lowest BCUT2D eigenvalue weighted by Crippen LogP contribution is -2.21. The molecule has 18 heavy (non-hydrogen) atoms. The Morgan fingerprint density at radius 2 is 2.00 bits per heavy atom. The molecule has 0 spiro atoms. The Hall–Kier alpha value is -2.01. The van der Waals surface area contributed by atoms with E-state index in [-0.39, 0.29) is 0 Å². The van der Waals surface area contributed by atoms with E-state index >= 15 is 0 Å². The zero-order valence-corrected chi connectivity index (χ0v) is 10.4.